The van der Waals surface area contributed by atoms with Crippen molar-refractivity contribution in [3.05, 3.63) is 174 Å². The Kier molecular flexibility index (Phi) is 29.9. The van der Waals surface area contributed by atoms with Crippen molar-refractivity contribution in [2.45, 2.75) is 123 Å². The first-order valence-electron chi connectivity index (χ1n) is 29.3. The number of nitrogens with two attached hydrogens (primary N) is 5. The lowest BCUT2D eigenvalue weighted by molar-refractivity contribution is -0.139. The standard InChI is InChI=1S/C12H15N7O2.C12H14N6O2.C11H13N7O2.2C11H13N5O2S/c1-7-16-18-12(19-17-7)15-6-8-2-3-9(14-5-8)4-10(13)11(20)21;1-7-15-17-11(18-16-7)5-9-3-2-8(6-14-9)4-10(13)12(19)20;1-6-15-17-11(18-16-6)14-8-2-7(4-13-5-8)3-9(12)10(19)20;1-6-13-15-10(16-14-6)4-8-2-7(5-19-8)3-9(12)11(17)18;1-6-13-15-10(16-14-6)5-9-7(2-3-19-9)4-8(12)11(17)18/h2-3,5,10H,4,6,13H2,1H3,(H,20,21)(H,15,18,19);2-3,6,10H,4-5,13H2,1H3,(H,19,20);2,4-5,9H,3,12H2,1H3,(H,19,20)(H,14,17,18);2,5,9H,3-4,12H2,1H3,(H,17,18);2-3,8H,4-5,12H2,1H3,(H,17,18)/t2*10-;2*9-;8-/m00000/s1. The summed E-state index contributed by atoms with van der Waals surface area (Å²) in [6, 6.07) is 8.05. The fourth-order valence-corrected chi connectivity index (χ4v) is 9.39. The highest BCUT2D eigenvalue weighted by Crippen LogP contribution is 2.21. The number of nitrogens with zero attached hydrogens (tertiary/aromatic N) is 23. The Morgan fingerprint density at radius 1 is 0.414 bits per heavy atom. The van der Waals surface area contributed by atoms with Crippen LogP contribution in [0.1, 0.15) is 95.6 Å². The Labute approximate surface area is 569 Å². The molecule has 10 rings (SSSR count). The lowest BCUT2D eigenvalue weighted by atomic mass is 10.1. The lowest BCUT2D eigenvalue weighted by Crippen LogP contribution is -2.32. The topological polar surface area (TPSA) is 637 Å². The molecule has 5 atom stereocenters. The first kappa shape index (κ1) is 76.3. The normalized spacial score (nSPS) is 12.1. The summed E-state index contributed by atoms with van der Waals surface area (Å²) in [6.45, 7) is 8.99. The summed E-state index contributed by atoms with van der Waals surface area (Å²) in [5.74, 6) is -0.499. The zero-order valence-corrected chi connectivity index (χ0v) is 55.2. The molecule has 17 N–H and O–H groups in total. The van der Waals surface area contributed by atoms with Gasteiger partial charge < -0.3 is 64.8 Å². The summed E-state index contributed by atoms with van der Waals surface area (Å²) in [7, 11) is 0. The van der Waals surface area contributed by atoms with Crippen LogP contribution in [0.3, 0.4) is 0 Å². The predicted molar refractivity (Wildman–Crippen MR) is 349 cm³/mol. The molecular formula is C57H68N30O10S2. The van der Waals surface area contributed by atoms with Crippen LogP contribution >= 0.6 is 22.7 Å². The van der Waals surface area contributed by atoms with E-state index >= 15 is 0 Å². The van der Waals surface area contributed by atoms with Gasteiger partial charge in [-0.2, -0.15) is 0 Å². The molecule has 518 valence electrons. The van der Waals surface area contributed by atoms with Crippen LogP contribution in [-0.2, 0) is 81.9 Å². The van der Waals surface area contributed by atoms with E-state index in [1.165, 1.54) is 22.7 Å². The number of anilines is 3. The molecule has 0 radical (unpaired) electrons. The molecule has 0 unspecified atom stereocenters. The van der Waals surface area contributed by atoms with E-state index in [4.69, 9.17) is 54.2 Å². The molecule has 0 bridgehead atoms. The summed E-state index contributed by atoms with van der Waals surface area (Å²) in [4.78, 5) is 67.9. The van der Waals surface area contributed by atoms with Gasteiger partial charge in [0.25, 0.3) is 11.9 Å². The summed E-state index contributed by atoms with van der Waals surface area (Å²) in [5, 5.41) is 130. The van der Waals surface area contributed by atoms with Crippen molar-refractivity contribution in [1.82, 2.24) is 117 Å². The second-order valence-electron chi connectivity index (χ2n) is 21.1. The molecule has 0 aromatic carbocycles. The molecular weight excluding hydrogens is 1330 g/mol. The van der Waals surface area contributed by atoms with Crippen LogP contribution in [0.2, 0.25) is 0 Å². The summed E-state index contributed by atoms with van der Waals surface area (Å²) >= 11 is 3.04. The molecule has 0 aliphatic heterocycles. The number of hydrogen-bond acceptors (Lipinski definition) is 37. The van der Waals surface area contributed by atoms with E-state index in [2.05, 4.69) is 128 Å². The third-order valence-corrected chi connectivity index (χ3v) is 14.6. The molecule has 10 heterocycles. The monoisotopic (exact) mass is 1400 g/mol. The van der Waals surface area contributed by atoms with E-state index in [0.29, 0.717) is 108 Å². The number of aliphatic carboxylic acids is 5. The number of hydrogen-bond donors (Lipinski definition) is 12. The molecule has 10 aromatic rings. The van der Waals surface area contributed by atoms with Crippen LogP contribution in [0, 0.1) is 34.6 Å². The van der Waals surface area contributed by atoms with Crippen molar-refractivity contribution >= 4 is 70.1 Å². The molecule has 0 aliphatic rings. The Morgan fingerprint density at radius 2 is 0.838 bits per heavy atom. The van der Waals surface area contributed by atoms with Gasteiger partial charge in [0.15, 0.2) is 46.6 Å². The van der Waals surface area contributed by atoms with Crippen LogP contribution in [0.4, 0.5) is 17.6 Å². The number of aryl methyl sites for hydroxylation is 5. The first-order valence-corrected chi connectivity index (χ1v) is 31.0. The zero-order valence-electron chi connectivity index (χ0n) is 53.5. The highest BCUT2D eigenvalue weighted by Gasteiger charge is 2.19. The number of carboxylic acids is 5. The number of nitrogens with one attached hydrogen (secondary N) is 2. The van der Waals surface area contributed by atoms with Gasteiger partial charge in [-0.05, 0) is 129 Å². The fraction of sp³-hybridized carbons (Fsp3) is 0.333. The van der Waals surface area contributed by atoms with Gasteiger partial charge in [-0.3, -0.25) is 38.9 Å². The minimum absolute atomic E-state index is 0.184. The average Bonchev–Trinajstić information content (AvgIpc) is 1.83. The summed E-state index contributed by atoms with van der Waals surface area (Å²) in [5.41, 5.74) is 33.6. The smallest absolute Gasteiger partial charge is 0.320 e. The molecule has 0 fully saturated rings. The van der Waals surface area contributed by atoms with Crippen molar-refractivity contribution in [2.75, 3.05) is 10.6 Å². The van der Waals surface area contributed by atoms with E-state index in [1.807, 2.05) is 29.0 Å². The van der Waals surface area contributed by atoms with E-state index < -0.39 is 60.1 Å². The molecule has 40 nitrogen and oxygen atoms in total. The molecule has 0 amide bonds. The van der Waals surface area contributed by atoms with E-state index in [-0.39, 0.29) is 25.2 Å². The number of thiophene rings is 2. The second-order valence-corrected chi connectivity index (χ2v) is 23.1. The molecule has 0 aliphatic carbocycles. The minimum atomic E-state index is -1.06. The number of pyridine rings is 3. The maximum absolute atomic E-state index is 10.8. The predicted octanol–water partition coefficient (Wildman–Crippen LogP) is -0.917. The number of aromatic nitrogens is 23. The van der Waals surface area contributed by atoms with Crippen molar-refractivity contribution < 1.29 is 49.5 Å². The molecule has 42 heteroatoms. The van der Waals surface area contributed by atoms with Gasteiger partial charge in [0.05, 0.1) is 18.3 Å². The molecule has 10 aromatic heterocycles. The van der Waals surface area contributed by atoms with E-state index in [0.717, 1.165) is 37.7 Å². The number of rotatable bonds is 26. The fourth-order valence-electron chi connectivity index (χ4n) is 7.58. The number of carboxylic acid groups (broad SMARTS) is 5. The molecule has 0 spiro atoms. The summed E-state index contributed by atoms with van der Waals surface area (Å²) < 4.78 is 0. The molecule has 99 heavy (non-hydrogen) atoms. The van der Waals surface area contributed by atoms with Crippen molar-refractivity contribution in [2.24, 2.45) is 28.7 Å². The largest absolute Gasteiger partial charge is 0.480 e. The molecule has 0 saturated heterocycles. The van der Waals surface area contributed by atoms with Crippen LogP contribution < -0.4 is 39.3 Å². The third kappa shape index (κ3) is 27.9. The van der Waals surface area contributed by atoms with Crippen LogP contribution in [0.5, 0.6) is 0 Å². The highest BCUT2D eigenvalue weighted by molar-refractivity contribution is 7.10. The maximum Gasteiger partial charge on any atom is 0.320 e. The Hall–Kier alpha value is -11.7. The van der Waals surface area contributed by atoms with Crippen LogP contribution in [0.15, 0.2) is 78.0 Å². The average molecular weight is 1400 g/mol. The quantitative estimate of drug-likeness (QED) is 0.0312. The zero-order chi connectivity index (χ0) is 72.0. The maximum atomic E-state index is 10.8. The van der Waals surface area contributed by atoms with Gasteiger partial charge in [-0.1, -0.05) is 12.1 Å². The van der Waals surface area contributed by atoms with Gasteiger partial charge in [-0.25, -0.2) is 0 Å². The lowest BCUT2D eigenvalue weighted by Gasteiger charge is -2.08. The van der Waals surface area contributed by atoms with Gasteiger partial charge in [0, 0.05) is 65.5 Å². The van der Waals surface area contributed by atoms with Crippen molar-refractivity contribution in [1.29, 1.82) is 0 Å². The van der Waals surface area contributed by atoms with Gasteiger partial charge >= 0.3 is 29.8 Å². The Morgan fingerprint density at radius 3 is 1.33 bits per heavy atom. The Balaban J connectivity index is 0.000000195. The summed E-state index contributed by atoms with van der Waals surface area (Å²) in [6.07, 6.45) is 9.03. The van der Waals surface area contributed by atoms with Crippen molar-refractivity contribution in [3.8, 4) is 0 Å². The number of carbonyl (C=O) groups is 5. The molecule has 0 saturated carbocycles. The minimum Gasteiger partial charge on any atom is -0.480 e. The Bertz CT molecular complexity index is 4170. The first-order chi connectivity index (χ1) is 47.2. The third-order valence-electron chi connectivity index (χ3n) is 12.7. The van der Waals surface area contributed by atoms with Crippen molar-refractivity contribution in [3.63, 3.8) is 0 Å². The van der Waals surface area contributed by atoms with E-state index in [1.54, 1.807) is 83.7 Å². The van der Waals surface area contributed by atoms with E-state index in [9.17, 15) is 24.0 Å². The SMILES string of the molecule is Cc1nnc(Cc2cc(C[C@H](N)C(=O)O)cs2)nn1.Cc1nnc(Cc2ccc(C[C@H](N)C(=O)O)cn2)nn1.Cc1nnc(Cc2sccc2C[C@H](N)C(=O)O)nn1.Cc1nnc(NCc2ccc(C[C@H](N)C(=O)O)nc2)nn1.Cc1nnc(Nc2cncc(C[C@H](N)C(=O)O)c2)nn1. The van der Waals surface area contributed by atoms with Gasteiger partial charge in [-0.15, -0.1) is 125 Å². The highest BCUT2D eigenvalue weighted by atomic mass is 32.1. The van der Waals surface area contributed by atoms with Crippen LogP contribution in [-0.4, -0.2) is 203 Å². The van der Waals surface area contributed by atoms with Crippen LogP contribution in [0.25, 0.3) is 0 Å². The second kappa shape index (κ2) is 38.7. The van der Waals surface area contributed by atoms with Gasteiger partial charge in [0.2, 0.25) is 0 Å². The van der Waals surface area contributed by atoms with Gasteiger partial charge in [0.1, 0.15) is 30.2 Å².